The first-order valence-corrected chi connectivity index (χ1v) is 10.1. The Morgan fingerprint density at radius 3 is 2.50 bits per heavy atom. The van der Waals surface area contributed by atoms with E-state index < -0.39 is 5.41 Å². The van der Waals surface area contributed by atoms with E-state index in [1.807, 2.05) is 30.3 Å². The first kappa shape index (κ1) is 21.8. The molecule has 0 spiro atoms. The van der Waals surface area contributed by atoms with E-state index in [0.29, 0.717) is 33.7 Å². The van der Waals surface area contributed by atoms with E-state index in [1.165, 1.54) is 6.26 Å². The lowest BCUT2D eigenvalue weighted by atomic mass is 9.77. The van der Waals surface area contributed by atoms with Gasteiger partial charge >= 0.3 is 0 Å². The molecule has 2 N–H and O–H groups in total. The summed E-state index contributed by atoms with van der Waals surface area (Å²) >= 11 is 12.1. The summed E-state index contributed by atoms with van der Waals surface area (Å²) in [6.45, 7) is 4.66. The second-order valence-electron chi connectivity index (χ2n) is 7.10. The number of halogens is 2. The summed E-state index contributed by atoms with van der Waals surface area (Å²) < 4.78 is 16.2. The highest BCUT2D eigenvalue weighted by molar-refractivity contribution is 6.32. The van der Waals surface area contributed by atoms with Crippen molar-refractivity contribution in [3.05, 3.63) is 70.1 Å². The van der Waals surface area contributed by atoms with Crippen LogP contribution in [0.25, 0.3) is 0 Å². The third kappa shape index (κ3) is 4.81. The van der Waals surface area contributed by atoms with E-state index in [0.717, 1.165) is 11.1 Å². The number of hydrogen-bond donors (Lipinski definition) is 1. The number of nitrogen functional groups attached to an aromatic ring is 1. The molecule has 3 rings (SSSR count). The van der Waals surface area contributed by atoms with Gasteiger partial charge in [0.2, 0.25) is 0 Å². The average Bonchev–Trinajstić information content (AvgIpc) is 3.16. The van der Waals surface area contributed by atoms with E-state index in [1.54, 1.807) is 6.07 Å². The maximum absolute atomic E-state index is 9.54. The number of nitriles is 1. The van der Waals surface area contributed by atoms with Gasteiger partial charge in [0, 0.05) is 5.41 Å². The maximum atomic E-state index is 9.54. The van der Waals surface area contributed by atoms with Crippen molar-refractivity contribution in [1.29, 1.82) is 5.26 Å². The summed E-state index contributed by atoms with van der Waals surface area (Å²) in [6, 6.07) is 13.6. The van der Waals surface area contributed by atoms with E-state index in [-0.39, 0.29) is 19.2 Å². The Bertz CT molecular complexity index is 1060. The molecule has 2 aromatic carbocycles. The maximum Gasteiger partial charge on any atom is 0.292 e. The van der Waals surface area contributed by atoms with Crippen molar-refractivity contribution >= 4 is 29.2 Å². The number of hydrogen-bond acceptors (Lipinski definition) is 6. The SMILES string of the molecule is CC(C)(c1ccc(OCc2coc(N)n2)cc1)c1cc(Cl)c(OCCCl)c(C#N)c1. The molecule has 0 fully saturated rings. The minimum absolute atomic E-state index is 0.111. The van der Waals surface area contributed by atoms with Gasteiger partial charge in [0.05, 0.1) is 16.5 Å². The standard InChI is InChI=1S/C22H21Cl2N3O3/c1-22(2,16-9-14(11-25)20(19(24)10-16)28-8-7-23)15-3-5-18(6-4-15)29-12-17-13-30-21(26)27-17/h3-6,9-10,13H,7-8,12H2,1-2H3,(H2,26,27). The molecule has 0 aliphatic heterocycles. The third-order valence-corrected chi connectivity index (χ3v) is 5.18. The van der Waals surface area contributed by atoms with Gasteiger partial charge in [-0.3, -0.25) is 0 Å². The van der Waals surface area contributed by atoms with E-state index in [2.05, 4.69) is 24.9 Å². The topological polar surface area (TPSA) is 94.3 Å². The Morgan fingerprint density at radius 1 is 1.17 bits per heavy atom. The Labute approximate surface area is 185 Å². The van der Waals surface area contributed by atoms with Gasteiger partial charge in [-0.05, 0) is 35.4 Å². The number of anilines is 1. The normalized spacial score (nSPS) is 11.2. The van der Waals surface area contributed by atoms with Crippen molar-refractivity contribution in [2.45, 2.75) is 25.9 Å². The molecule has 0 aliphatic rings. The Balaban J connectivity index is 1.80. The molecular weight excluding hydrogens is 425 g/mol. The van der Waals surface area contributed by atoms with Crippen molar-refractivity contribution in [2.24, 2.45) is 0 Å². The van der Waals surface area contributed by atoms with Gasteiger partial charge in [0.25, 0.3) is 6.01 Å². The summed E-state index contributed by atoms with van der Waals surface area (Å²) in [7, 11) is 0. The van der Waals surface area contributed by atoms with Crippen LogP contribution in [0.4, 0.5) is 6.01 Å². The van der Waals surface area contributed by atoms with Crippen LogP contribution in [-0.2, 0) is 12.0 Å². The molecule has 1 heterocycles. The summed E-state index contributed by atoms with van der Waals surface area (Å²) in [6.07, 6.45) is 1.46. The molecule has 30 heavy (non-hydrogen) atoms. The number of rotatable bonds is 8. The highest BCUT2D eigenvalue weighted by atomic mass is 35.5. The second kappa shape index (κ2) is 9.29. The number of nitrogens with two attached hydrogens (primary N) is 1. The van der Waals surface area contributed by atoms with Gasteiger partial charge in [0.15, 0.2) is 5.75 Å². The highest BCUT2D eigenvalue weighted by Crippen LogP contribution is 2.38. The molecule has 0 saturated carbocycles. The zero-order valence-corrected chi connectivity index (χ0v) is 18.1. The van der Waals surface area contributed by atoms with Gasteiger partial charge < -0.3 is 19.6 Å². The predicted octanol–water partition coefficient (Wildman–Crippen LogP) is 5.30. The van der Waals surface area contributed by atoms with Crippen LogP contribution in [0.1, 0.15) is 36.2 Å². The first-order valence-electron chi connectivity index (χ1n) is 9.21. The van der Waals surface area contributed by atoms with Crippen molar-refractivity contribution in [2.75, 3.05) is 18.2 Å². The fourth-order valence-electron chi connectivity index (χ4n) is 3.01. The van der Waals surface area contributed by atoms with Crippen LogP contribution in [0.15, 0.2) is 47.1 Å². The number of alkyl halides is 1. The van der Waals surface area contributed by atoms with Crippen molar-refractivity contribution < 1.29 is 13.9 Å². The summed E-state index contributed by atoms with van der Waals surface area (Å²) in [5.74, 6) is 1.36. The van der Waals surface area contributed by atoms with Gasteiger partial charge in [-0.15, -0.1) is 11.6 Å². The van der Waals surface area contributed by atoms with Crippen LogP contribution < -0.4 is 15.2 Å². The molecule has 0 bridgehead atoms. The van der Waals surface area contributed by atoms with E-state index >= 15 is 0 Å². The number of benzene rings is 2. The van der Waals surface area contributed by atoms with Crippen LogP contribution in [0.2, 0.25) is 5.02 Å². The Hall–Kier alpha value is -2.88. The smallest absolute Gasteiger partial charge is 0.292 e. The van der Waals surface area contributed by atoms with Crippen molar-refractivity contribution in [1.82, 2.24) is 4.98 Å². The lowest BCUT2D eigenvalue weighted by Crippen LogP contribution is -2.19. The lowest BCUT2D eigenvalue weighted by Gasteiger charge is -2.27. The predicted molar refractivity (Wildman–Crippen MR) is 116 cm³/mol. The molecule has 3 aromatic rings. The molecular formula is C22H21Cl2N3O3. The summed E-state index contributed by atoms with van der Waals surface area (Å²) in [5, 5.41) is 9.92. The summed E-state index contributed by atoms with van der Waals surface area (Å²) in [4.78, 5) is 4.00. The fraction of sp³-hybridized carbons (Fsp3) is 0.273. The summed E-state index contributed by atoms with van der Waals surface area (Å²) in [5.41, 5.74) is 7.98. The number of aromatic nitrogens is 1. The first-order chi connectivity index (χ1) is 14.3. The minimum atomic E-state index is -0.403. The zero-order chi connectivity index (χ0) is 21.7. The largest absolute Gasteiger partial charge is 0.489 e. The Morgan fingerprint density at radius 2 is 1.90 bits per heavy atom. The molecule has 0 amide bonds. The van der Waals surface area contributed by atoms with Gasteiger partial charge in [0.1, 0.15) is 37.0 Å². The molecule has 0 saturated heterocycles. The van der Waals surface area contributed by atoms with E-state index in [4.69, 9.17) is 42.8 Å². The van der Waals surface area contributed by atoms with Crippen molar-refractivity contribution in [3.8, 4) is 17.6 Å². The highest BCUT2D eigenvalue weighted by Gasteiger charge is 2.26. The average molecular weight is 446 g/mol. The van der Waals surface area contributed by atoms with Crippen molar-refractivity contribution in [3.63, 3.8) is 0 Å². The minimum Gasteiger partial charge on any atom is -0.489 e. The number of oxazole rings is 1. The van der Waals surface area contributed by atoms with Gasteiger partial charge in [-0.2, -0.15) is 10.2 Å². The molecule has 0 radical (unpaired) electrons. The molecule has 8 heteroatoms. The number of nitrogens with zero attached hydrogens (tertiary/aromatic N) is 2. The fourth-order valence-corrected chi connectivity index (χ4v) is 3.36. The van der Waals surface area contributed by atoms with Crippen LogP contribution in [0.5, 0.6) is 11.5 Å². The Kier molecular flexibility index (Phi) is 6.76. The molecule has 0 atom stereocenters. The zero-order valence-electron chi connectivity index (χ0n) is 16.6. The second-order valence-corrected chi connectivity index (χ2v) is 7.88. The molecule has 156 valence electrons. The molecule has 0 unspecified atom stereocenters. The van der Waals surface area contributed by atoms with Crippen LogP contribution >= 0.6 is 23.2 Å². The molecule has 1 aromatic heterocycles. The monoisotopic (exact) mass is 445 g/mol. The van der Waals surface area contributed by atoms with Gasteiger partial charge in [-0.25, -0.2) is 0 Å². The van der Waals surface area contributed by atoms with E-state index in [9.17, 15) is 5.26 Å². The quantitative estimate of drug-likeness (QED) is 0.472. The van der Waals surface area contributed by atoms with Crippen LogP contribution in [0.3, 0.4) is 0 Å². The third-order valence-electron chi connectivity index (χ3n) is 4.74. The molecule has 0 aliphatic carbocycles. The number of ether oxygens (including phenoxy) is 2. The molecule has 6 nitrogen and oxygen atoms in total. The lowest BCUT2D eigenvalue weighted by molar-refractivity contribution is 0.301. The van der Waals surface area contributed by atoms with Crippen LogP contribution in [-0.4, -0.2) is 17.5 Å². The van der Waals surface area contributed by atoms with Crippen LogP contribution in [0, 0.1) is 11.3 Å². The van der Waals surface area contributed by atoms with Gasteiger partial charge in [-0.1, -0.05) is 37.6 Å².